The summed E-state index contributed by atoms with van der Waals surface area (Å²) in [6.07, 6.45) is 0.146. The Morgan fingerprint density at radius 3 is 2.10 bits per heavy atom. The molecule has 3 nitrogen and oxygen atoms in total. The monoisotopic (exact) mass is 282 g/mol. The van der Waals surface area contributed by atoms with Gasteiger partial charge in [-0.25, -0.2) is 0 Å². The van der Waals surface area contributed by atoms with Crippen LogP contribution in [0.15, 0.2) is 54.6 Å². The molecule has 0 aromatic heterocycles. The van der Waals surface area contributed by atoms with Crippen LogP contribution in [0.25, 0.3) is 0 Å². The minimum Gasteiger partial charge on any atom is -0.377 e. The van der Waals surface area contributed by atoms with Crippen LogP contribution in [0.3, 0.4) is 0 Å². The van der Waals surface area contributed by atoms with Crippen LogP contribution in [-0.2, 0) is 10.4 Å². The van der Waals surface area contributed by atoms with Crippen molar-refractivity contribution in [3.63, 3.8) is 0 Å². The zero-order valence-corrected chi connectivity index (χ0v) is 12.2. The fraction of sp³-hybridized carbons (Fsp3) is 0.222. The maximum Gasteiger partial charge on any atom is 0.239 e. The summed E-state index contributed by atoms with van der Waals surface area (Å²) in [5.41, 5.74) is -0.0253. The van der Waals surface area contributed by atoms with Gasteiger partial charge in [0, 0.05) is 5.56 Å². The molecule has 0 aliphatic heterocycles. The Kier molecular flexibility index (Phi) is 4.34. The Bertz CT molecular complexity index is 644. The number of aryl methyl sites for hydroxylation is 1. The molecule has 2 rings (SSSR count). The molecule has 2 aromatic carbocycles. The number of ketones is 2. The van der Waals surface area contributed by atoms with Crippen LogP contribution in [0.1, 0.15) is 34.8 Å². The lowest BCUT2D eigenvalue weighted by Gasteiger charge is -2.25. The van der Waals surface area contributed by atoms with Gasteiger partial charge in [0.1, 0.15) is 0 Å². The van der Waals surface area contributed by atoms with E-state index in [9.17, 15) is 14.7 Å². The van der Waals surface area contributed by atoms with Gasteiger partial charge in [-0.3, -0.25) is 9.59 Å². The lowest BCUT2D eigenvalue weighted by Crippen LogP contribution is -2.40. The van der Waals surface area contributed by atoms with Gasteiger partial charge in [0.25, 0.3) is 0 Å². The smallest absolute Gasteiger partial charge is 0.239 e. The third-order valence-corrected chi connectivity index (χ3v) is 3.66. The molecule has 0 fully saturated rings. The number of rotatable bonds is 5. The second kappa shape index (κ2) is 6.02. The van der Waals surface area contributed by atoms with E-state index in [2.05, 4.69) is 0 Å². The van der Waals surface area contributed by atoms with E-state index in [1.165, 1.54) is 0 Å². The largest absolute Gasteiger partial charge is 0.377 e. The third kappa shape index (κ3) is 2.93. The fourth-order valence-electron chi connectivity index (χ4n) is 2.23. The van der Waals surface area contributed by atoms with Crippen molar-refractivity contribution in [2.24, 2.45) is 0 Å². The van der Waals surface area contributed by atoms with Gasteiger partial charge in [-0.1, -0.05) is 67.1 Å². The van der Waals surface area contributed by atoms with Crippen molar-refractivity contribution in [2.75, 3.05) is 0 Å². The van der Waals surface area contributed by atoms with Crippen molar-refractivity contribution in [1.29, 1.82) is 0 Å². The van der Waals surface area contributed by atoms with Gasteiger partial charge < -0.3 is 5.11 Å². The molecule has 3 heteroatoms. The highest BCUT2D eigenvalue weighted by molar-refractivity contribution is 6.46. The fourth-order valence-corrected chi connectivity index (χ4v) is 2.23. The number of carbonyl (C=O) groups is 2. The molecule has 0 spiro atoms. The van der Waals surface area contributed by atoms with Crippen LogP contribution in [0, 0.1) is 6.92 Å². The number of hydrogen-bond donors (Lipinski definition) is 1. The summed E-state index contributed by atoms with van der Waals surface area (Å²) in [4.78, 5) is 24.8. The van der Waals surface area contributed by atoms with Crippen molar-refractivity contribution in [2.45, 2.75) is 25.9 Å². The van der Waals surface area contributed by atoms with Crippen LogP contribution < -0.4 is 0 Å². The second-order valence-electron chi connectivity index (χ2n) is 5.10. The van der Waals surface area contributed by atoms with E-state index in [0.29, 0.717) is 11.1 Å². The van der Waals surface area contributed by atoms with E-state index >= 15 is 0 Å². The van der Waals surface area contributed by atoms with Gasteiger partial charge in [0.2, 0.25) is 11.6 Å². The zero-order chi connectivity index (χ0) is 15.5. The Balaban J connectivity index is 2.36. The Morgan fingerprint density at radius 1 is 1.00 bits per heavy atom. The summed E-state index contributed by atoms with van der Waals surface area (Å²) in [6, 6.07) is 15.3. The summed E-state index contributed by atoms with van der Waals surface area (Å²) in [5.74, 6) is -1.46. The van der Waals surface area contributed by atoms with Crippen molar-refractivity contribution in [3.8, 4) is 0 Å². The maximum atomic E-state index is 12.5. The highest BCUT2D eigenvalue weighted by Gasteiger charge is 2.40. The average molecular weight is 282 g/mol. The van der Waals surface area contributed by atoms with E-state index in [-0.39, 0.29) is 6.42 Å². The molecule has 21 heavy (non-hydrogen) atoms. The predicted molar refractivity (Wildman–Crippen MR) is 81.1 cm³/mol. The second-order valence-corrected chi connectivity index (χ2v) is 5.10. The molecule has 1 N–H and O–H groups in total. The van der Waals surface area contributed by atoms with Gasteiger partial charge in [-0.05, 0) is 18.9 Å². The number of carbonyl (C=O) groups excluding carboxylic acids is 2. The summed E-state index contributed by atoms with van der Waals surface area (Å²) in [6.45, 7) is 3.59. The van der Waals surface area contributed by atoms with Crippen LogP contribution >= 0.6 is 0 Å². The lowest BCUT2D eigenvalue weighted by atomic mass is 9.83. The average Bonchev–Trinajstić information content (AvgIpc) is 2.54. The van der Waals surface area contributed by atoms with Gasteiger partial charge in [0.05, 0.1) is 0 Å². The number of Topliss-reactive ketones (excluding diaryl/α,β-unsaturated/α-hetero) is 2. The van der Waals surface area contributed by atoms with Crippen LogP contribution in [0.5, 0.6) is 0 Å². The number of aliphatic hydroxyl groups is 1. The molecule has 0 bridgehead atoms. The van der Waals surface area contributed by atoms with E-state index in [1.807, 2.05) is 6.92 Å². The van der Waals surface area contributed by atoms with Gasteiger partial charge in [-0.15, -0.1) is 0 Å². The van der Waals surface area contributed by atoms with Gasteiger partial charge >= 0.3 is 0 Å². The summed E-state index contributed by atoms with van der Waals surface area (Å²) in [5, 5.41) is 10.7. The minimum atomic E-state index is -1.77. The first-order valence-corrected chi connectivity index (χ1v) is 6.92. The quantitative estimate of drug-likeness (QED) is 0.677. The maximum absolute atomic E-state index is 12.5. The highest BCUT2D eigenvalue weighted by Crippen LogP contribution is 2.27. The van der Waals surface area contributed by atoms with Crippen molar-refractivity contribution < 1.29 is 14.7 Å². The van der Waals surface area contributed by atoms with Crippen molar-refractivity contribution in [1.82, 2.24) is 0 Å². The molecule has 108 valence electrons. The first-order chi connectivity index (χ1) is 9.99. The highest BCUT2D eigenvalue weighted by atomic mass is 16.3. The van der Waals surface area contributed by atoms with Gasteiger partial charge in [0.15, 0.2) is 5.60 Å². The topological polar surface area (TPSA) is 54.4 Å². The molecule has 0 heterocycles. The Morgan fingerprint density at radius 2 is 1.57 bits per heavy atom. The molecule has 0 radical (unpaired) electrons. The molecule has 2 aromatic rings. The first kappa shape index (κ1) is 15.1. The standard InChI is InChI=1S/C18H18O3/c1-3-18(21,15-7-5-4-6-8-15)17(20)16(19)14-11-9-13(2)10-12-14/h4-12,21H,3H2,1-2H3. The molecule has 0 aliphatic carbocycles. The van der Waals surface area contributed by atoms with E-state index in [0.717, 1.165) is 5.56 Å². The minimum absolute atomic E-state index is 0.146. The molecule has 1 atom stereocenters. The SMILES string of the molecule is CCC(O)(C(=O)C(=O)c1ccc(C)cc1)c1ccccc1. The molecule has 1 unspecified atom stereocenters. The lowest BCUT2D eigenvalue weighted by molar-refractivity contribution is -0.133. The van der Waals surface area contributed by atoms with Crippen LogP contribution in [-0.4, -0.2) is 16.7 Å². The molecule has 0 saturated heterocycles. The number of benzene rings is 2. The Labute approximate surface area is 124 Å². The van der Waals surface area contributed by atoms with Gasteiger partial charge in [-0.2, -0.15) is 0 Å². The molecule has 0 aliphatic rings. The van der Waals surface area contributed by atoms with E-state index in [4.69, 9.17) is 0 Å². The number of hydrogen-bond acceptors (Lipinski definition) is 3. The van der Waals surface area contributed by atoms with Crippen molar-refractivity contribution in [3.05, 3.63) is 71.3 Å². The summed E-state index contributed by atoms with van der Waals surface area (Å²) >= 11 is 0. The van der Waals surface area contributed by atoms with E-state index < -0.39 is 17.2 Å². The Hall–Kier alpha value is -2.26. The summed E-state index contributed by atoms with van der Waals surface area (Å²) < 4.78 is 0. The first-order valence-electron chi connectivity index (χ1n) is 6.92. The van der Waals surface area contributed by atoms with Crippen LogP contribution in [0.4, 0.5) is 0 Å². The normalized spacial score (nSPS) is 13.5. The zero-order valence-electron chi connectivity index (χ0n) is 12.2. The third-order valence-electron chi connectivity index (χ3n) is 3.66. The molecular weight excluding hydrogens is 264 g/mol. The summed E-state index contributed by atoms with van der Waals surface area (Å²) in [7, 11) is 0. The van der Waals surface area contributed by atoms with Crippen molar-refractivity contribution >= 4 is 11.6 Å². The molecule has 0 saturated carbocycles. The molecule has 0 amide bonds. The molecular formula is C18H18O3. The predicted octanol–water partition coefficient (Wildman–Crippen LogP) is 3.04. The van der Waals surface area contributed by atoms with E-state index in [1.54, 1.807) is 61.5 Å². The van der Waals surface area contributed by atoms with Crippen LogP contribution in [0.2, 0.25) is 0 Å².